The van der Waals surface area contributed by atoms with Gasteiger partial charge in [-0.2, -0.15) is 0 Å². The van der Waals surface area contributed by atoms with Crippen molar-refractivity contribution in [3.05, 3.63) is 0 Å². The van der Waals surface area contributed by atoms with Crippen molar-refractivity contribution < 1.29 is 9.59 Å². The quantitative estimate of drug-likeness (QED) is 0.746. The molecule has 122 valence electrons. The molecule has 3 heteroatoms. The number of ketones is 1. The van der Waals surface area contributed by atoms with E-state index in [2.05, 4.69) is 26.1 Å². The average Bonchev–Trinajstić information content (AvgIpc) is 2.70. The molecule has 1 N–H and O–H groups in total. The van der Waals surface area contributed by atoms with Crippen molar-refractivity contribution in [3.63, 3.8) is 0 Å². The lowest BCUT2D eigenvalue weighted by atomic mass is 9.47. The zero-order valence-corrected chi connectivity index (χ0v) is 14.2. The molecule has 1 heterocycles. The number of nitrogens with one attached hydrogen (secondary N) is 1. The third-order valence-corrected chi connectivity index (χ3v) is 8.10. The number of hydrogen-bond donors (Lipinski definition) is 1. The second-order valence-electron chi connectivity index (χ2n) is 9.06. The summed E-state index contributed by atoms with van der Waals surface area (Å²) in [5, 5.41) is 3.28. The Morgan fingerprint density at radius 1 is 1.09 bits per heavy atom. The highest BCUT2D eigenvalue weighted by Crippen LogP contribution is 2.64. The van der Waals surface area contributed by atoms with Crippen molar-refractivity contribution in [2.75, 3.05) is 0 Å². The largest absolute Gasteiger partial charge is 0.353 e. The van der Waals surface area contributed by atoms with Crippen molar-refractivity contribution in [3.8, 4) is 0 Å². The molecule has 3 saturated carbocycles. The minimum Gasteiger partial charge on any atom is -0.353 e. The van der Waals surface area contributed by atoms with E-state index in [1.807, 2.05) is 0 Å². The maximum absolute atomic E-state index is 12.6. The van der Waals surface area contributed by atoms with Crippen LogP contribution in [0.1, 0.15) is 65.7 Å². The van der Waals surface area contributed by atoms with Gasteiger partial charge < -0.3 is 5.32 Å². The summed E-state index contributed by atoms with van der Waals surface area (Å²) in [5.74, 6) is 3.27. The first kappa shape index (κ1) is 14.7. The van der Waals surface area contributed by atoms with Crippen LogP contribution in [0.25, 0.3) is 0 Å². The summed E-state index contributed by atoms with van der Waals surface area (Å²) in [7, 11) is 0. The summed E-state index contributed by atoms with van der Waals surface area (Å²) in [6, 6.07) is 0.367. The summed E-state index contributed by atoms with van der Waals surface area (Å²) in [5.41, 5.74) is 0.200. The molecule has 0 spiro atoms. The predicted molar refractivity (Wildman–Crippen MR) is 85.1 cm³/mol. The normalized spacial score (nSPS) is 54.2. The minimum atomic E-state index is -0.0539. The van der Waals surface area contributed by atoms with Crippen molar-refractivity contribution in [1.82, 2.24) is 5.32 Å². The first-order valence-electron chi connectivity index (χ1n) is 9.19. The fourth-order valence-electron chi connectivity index (χ4n) is 6.98. The van der Waals surface area contributed by atoms with Gasteiger partial charge in [0.1, 0.15) is 5.78 Å². The zero-order valence-electron chi connectivity index (χ0n) is 14.2. The van der Waals surface area contributed by atoms with Crippen LogP contribution in [-0.4, -0.2) is 17.7 Å². The Labute approximate surface area is 133 Å². The molecule has 7 atom stereocenters. The Morgan fingerprint density at radius 3 is 2.64 bits per heavy atom. The van der Waals surface area contributed by atoms with Crippen LogP contribution in [0.15, 0.2) is 0 Å². The number of carbonyl (C=O) groups is 2. The fourth-order valence-corrected chi connectivity index (χ4v) is 6.98. The molecule has 3 aliphatic carbocycles. The highest BCUT2D eigenvalue weighted by atomic mass is 16.1. The summed E-state index contributed by atoms with van der Waals surface area (Å²) in [6.45, 7) is 6.96. The molecule has 1 aliphatic heterocycles. The van der Waals surface area contributed by atoms with Crippen LogP contribution in [0.2, 0.25) is 0 Å². The fraction of sp³-hybridized carbons (Fsp3) is 0.895. The van der Waals surface area contributed by atoms with Crippen molar-refractivity contribution in [2.45, 2.75) is 71.8 Å². The summed E-state index contributed by atoms with van der Waals surface area (Å²) < 4.78 is 0. The number of piperidine rings is 1. The average molecular weight is 303 g/mol. The Kier molecular flexibility index (Phi) is 3.06. The lowest BCUT2D eigenvalue weighted by Crippen LogP contribution is -2.61. The van der Waals surface area contributed by atoms with Crippen molar-refractivity contribution in [2.24, 2.45) is 34.5 Å². The van der Waals surface area contributed by atoms with E-state index in [0.29, 0.717) is 41.9 Å². The van der Waals surface area contributed by atoms with Crippen molar-refractivity contribution in [1.29, 1.82) is 0 Å². The van der Waals surface area contributed by atoms with Crippen LogP contribution in [0.4, 0.5) is 0 Å². The minimum absolute atomic E-state index is 0.0539. The number of carbonyl (C=O) groups excluding carboxylic acids is 2. The van der Waals surface area contributed by atoms with Gasteiger partial charge in [0, 0.05) is 24.3 Å². The molecule has 0 bridgehead atoms. The van der Waals surface area contributed by atoms with Crippen LogP contribution >= 0.6 is 0 Å². The Balaban J connectivity index is 1.68. The molecular weight excluding hydrogens is 274 g/mol. The third kappa shape index (κ3) is 1.74. The molecule has 1 saturated heterocycles. The molecule has 3 nitrogen and oxygen atoms in total. The lowest BCUT2D eigenvalue weighted by molar-refractivity contribution is -0.142. The van der Waals surface area contributed by atoms with E-state index in [0.717, 1.165) is 25.7 Å². The summed E-state index contributed by atoms with van der Waals surface area (Å²) >= 11 is 0. The van der Waals surface area contributed by atoms with Crippen LogP contribution < -0.4 is 5.32 Å². The van der Waals surface area contributed by atoms with Crippen LogP contribution in [-0.2, 0) is 9.59 Å². The molecule has 0 aromatic heterocycles. The predicted octanol–water partition coefficient (Wildman–Crippen LogP) is 3.32. The first-order valence-corrected chi connectivity index (χ1v) is 9.19. The molecule has 0 aromatic rings. The van der Waals surface area contributed by atoms with Gasteiger partial charge in [-0.25, -0.2) is 0 Å². The third-order valence-electron chi connectivity index (χ3n) is 8.10. The van der Waals surface area contributed by atoms with Gasteiger partial charge in [-0.15, -0.1) is 0 Å². The standard InChI is InChI=1S/C19H29NO2/c1-11-10-15(21)19(3)8-6-13-12(17(11)19)4-5-14-18(13,2)9-7-16(22)20-14/h11-14,17H,4-10H2,1-3H3,(H,20,22)/t11?,12-,13-,14?,17+,18-,19-/m1/s1. The van der Waals surface area contributed by atoms with Gasteiger partial charge in [-0.3, -0.25) is 9.59 Å². The van der Waals surface area contributed by atoms with Crippen LogP contribution in [0.5, 0.6) is 0 Å². The van der Waals surface area contributed by atoms with Gasteiger partial charge in [0.25, 0.3) is 0 Å². The first-order chi connectivity index (χ1) is 10.4. The molecule has 4 fully saturated rings. The van der Waals surface area contributed by atoms with Crippen molar-refractivity contribution >= 4 is 11.7 Å². The van der Waals surface area contributed by atoms with Gasteiger partial charge in [0.2, 0.25) is 5.91 Å². The molecule has 4 rings (SSSR count). The lowest BCUT2D eigenvalue weighted by Gasteiger charge is -2.59. The van der Waals surface area contributed by atoms with E-state index in [-0.39, 0.29) is 16.7 Å². The zero-order chi connectivity index (χ0) is 15.7. The Bertz CT molecular complexity index is 530. The smallest absolute Gasteiger partial charge is 0.220 e. The molecule has 4 aliphatic rings. The summed E-state index contributed by atoms with van der Waals surface area (Å²) in [4.78, 5) is 24.4. The molecule has 0 aromatic carbocycles. The maximum atomic E-state index is 12.6. The van der Waals surface area contributed by atoms with E-state index in [9.17, 15) is 9.59 Å². The molecule has 1 amide bonds. The highest BCUT2D eigenvalue weighted by Gasteiger charge is 2.62. The van der Waals surface area contributed by atoms with Gasteiger partial charge in [-0.1, -0.05) is 20.8 Å². The molecule has 0 radical (unpaired) electrons. The Hall–Kier alpha value is -0.860. The Morgan fingerprint density at radius 2 is 1.86 bits per heavy atom. The van der Waals surface area contributed by atoms with E-state index in [1.165, 1.54) is 12.8 Å². The number of hydrogen-bond acceptors (Lipinski definition) is 2. The molecular formula is C19H29NO2. The topological polar surface area (TPSA) is 46.2 Å². The van der Waals surface area contributed by atoms with Gasteiger partial charge in [0.15, 0.2) is 0 Å². The van der Waals surface area contributed by atoms with E-state index in [4.69, 9.17) is 0 Å². The van der Waals surface area contributed by atoms with Crippen LogP contribution in [0, 0.1) is 34.5 Å². The van der Waals surface area contributed by atoms with E-state index < -0.39 is 0 Å². The second kappa shape index (κ2) is 4.58. The number of fused-ring (bicyclic) bond motifs is 5. The molecule has 22 heavy (non-hydrogen) atoms. The second-order valence-corrected chi connectivity index (χ2v) is 9.06. The van der Waals surface area contributed by atoms with Crippen LogP contribution in [0.3, 0.4) is 0 Å². The summed E-state index contributed by atoms with van der Waals surface area (Å²) in [6.07, 6.45) is 7.07. The maximum Gasteiger partial charge on any atom is 0.220 e. The van der Waals surface area contributed by atoms with Gasteiger partial charge in [0.05, 0.1) is 0 Å². The molecule has 2 unspecified atom stereocenters. The number of rotatable bonds is 0. The van der Waals surface area contributed by atoms with Gasteiger partial charge in [-0.05, 0) is 61.2 Å². The van der Waals surface area contributed by atoms with E-state index in [1.54, 1.807) is 0 Å². The van der Waals surface area contributed by atoms with Gasteiger partial charge >= 0.3 is 0 Å². The number of Topliss-reactive ketones (excluding diaryl/α,β-unsaturated/α-hetero) is 1. The van der Waals surface area contributed by atoms with E-state index >= 15 is 0 Å². The SMILES string of the molecule is CC1CC(=O)[C@@]2(C)CC[C@@H]3[C@@H](CCC4NC(=O)CC[C@@]43C)[C@H]12. The highest BCUT2D eigenvalue weighted by molar-refractivity contribution is 5.87. The number of amides is 1. The monoisotopic (exact) mass is 303 g/mol.